The minimum Gasteiger partial charge on any atom is -0.361 e. The third kappa shape index (κ3) is 1.88. The van der Waals surface area contributed by atoms with Crippen LogP contribution in [0.4, 0.5) is 5.82 Å². The lowest BCUT2D eigenvalue weighted by molar-refractivity contribution is 0.377. The van der Waals surface area contributed by atoms with Gasteiger partial charge in [0.05, 0.1) is 12.9 Å². The molecule has 3 aromatic heterocycles. The quantitative estimate of drug-likeness (QED) is 0.703. The van der Waals surface area contributed by atoms with E-state index in [0.717, 1.165) is 11.9 Å². The number of nitrogens with zero attached hydrogens (tertiary/aromatic N) is 5. The molecule has 0 fully saturated rings. The molecule has 0 saturated carbocycles. The van der Waals surface area contributed by atoms with Crippen LogP contribution in [-0.4, -0.2) is 30.1 Å². The number of fused-ring (bicyclic) bond motifs is 1. The molecule has 0 radical (unpaired) electrons. The van der Waals surface area contributed by atoms with Crippen LogP contribution in [0, 0.1) is 0 Å². The number of aryl methyl sites for hydroxylation is 1. The first-order chi connectivity index (χ1) is 8.86. The standard InChI is InChI=1S/C10H11N7O/c1-2-7-16-6(17-18-7)3-11-9-8-10(13-4-12-8)15-5-14-9/h4-5H,2-3H2,1H3,(H2,11,12,13,14,15). The SMILES string of the molecule is CCc1nc(CNc2ncnc3nc[nH]c23)no1. The third-order valence-corrected chi connectivity index (χ3v) is 2.45. The summed E-state index contributed by atoms with van der Waals surface area (Å²) in [5.74, 6) is 1.89. The Balaban J connectivity index is 1.78. The van der Waals surface area contributed by atoms with Gasteiger partial charge in [0.15, 0.2) is 17.3 Å². The summed E-state index contributed by atoms with van der Waals surface area (Å²) in [6, 6.07) is 0. The summed E-state index contributed by atoms with van der Waals surface area (Å²) < 4.78 is 5.02. The van der Waals surface area contributed by atoms with E-state index < -0.39 is 0 Å². The van der Waals surface area contributed by atoms with Crippen LogP contribution >= 0.6 is 0 Å². The van der Waals surface area contributed by atoms with Gasteiger partial charge in [0.25, 0.3) is 0 Å². The lowest BCUT2D eigenvalue weighted by Gasteiger charge is -2.02. The molecular weight excluding hydrogens is 234 g/mol. The largest absolute Gasteiger partial charge is 0.361 e. The average Bonchev–Trinajstić information content (AvgIpc) is 3.05. The van der Waals surface area contributed by atoms with Crippen LogP contribution in [0.5, 0.6) is 0 Å². The normalized spacial score (nSPS) is 10.9. The zero-order valence-corrected chi connectivity index (χ0v) is 9.71. The lowest BCUT2D eigenvalue weighted by atomic mass is 10.4. The average molecular weight is 245 g/mol. The minimum absolute atomic E-state index is 0.439. The first-order valence-electron chi connectivity index (χ1n) is 5.56. The number of aromatic amines is 1. The molecule has 8 nitrogen and oxygen atoms in total. The Labute approximate surface area is 102 Å². The van der Waals surface area contributed by atoms with Gasteiger partial charge in [-0.2, -0.15) is 4.98 Å². The van der Waals surface area contributed by atoms with E-state index >= 15 is 0 Å². The van der Waals surface area contributed by atoms with E-state index in [2.05, 4.69) is 35.4 Å². The molecule has 0 saturated heterocycles. The van der Waals surface area contributed by atoms with Crippen LogP contribution in [0.15, 0.2) is 17.2 Å². The molecule has 18 heavy (non-hydrogen) atoms. The maximum Gasteiger partial charge on any atom is 0.226 e. The van der Waals surface area contributed by atoms with Crippen molar-refractivity contribution < 1.29 is 4.52 Å². The van der Waals surface area contributed by atoms with Crippen molar-refractivity contribution in [3.63, 3.8) is 0 Å². The van der Waals surface area contributed by atoms with E-state index in [4.69, 9.17) is 4.52 Å². The molecule has 0 aliphatic carbocycles. The maximum absolute atomic E-state index is 5.02. The van der Waals surface area contributed by atoms with Crippen LogP contribution in [-0.2, 0) is 13.0 Å². The number of rotatable bonds is 4. The van der Waals surface area contributed by atoms with E-state index in [1.165, 1.54) is 6.33 Å². The Kier molecular flexibility index (Phi) is 2.60. The lowest BCUT2D eigenvalue weighted by Crippen LogP contribution is -2.04. The van der Waals surface area contributed by atoms with Gasteiger partial charge in [-0.15, -0.1) is 0 Å². The first-order valence-corrected chi connectivity index (χ1v) is 5.56. The third-order valence-electron chi connectivity index (χ3n) is 2.45. The number of imidazole rings is 1. The van der Waals surface area contributed by atoms with E-state index in [9.17, 15) is 0 Å². The van der Waals surface area contributed by atoms with Crippen LogP contribution in [0.3, 0.4) is 0 Å². The fourth-order valence-electron chi connectivity index (χ4n) is 1.57. The second-order valence-corrected chi connectivity index (χ2v) is 3.63. The van der Waals surface area contributed by atoms with E-state index in [1.54, 1.807) is 6.33 Å². The maximum atomic E-state index is 5.02. The van der Waals surface area contributed by atoms with Crippen molar-refractivity contribution in [1.29, 1.82) is 0 Å². The van der Waals surface area contributed by atoms with E-state index in [1.807, 2.05) is 6.92 Å². The highest BCUT2D eigenvalue weighted by Crippen LogP contribution is 2.14. The molecule has 0 atom stereocenters. The van der Waals surface area contributed by atoms with Crippen molar-refractivity contribution in [2.45, 2.75) is 19.9 Å². The molecule has 0 aliphatic heterocycles. The molecule has 0 bridgehead atoms. The Morgan fingerprint density at radius 1 is 1.33 bits per heavy atom. The van der Waals surface area contributed by atoms with Crippen LogP contribution in [0.1, 0.15) is 18.6 Å². The summed E-state index contributed by atoms with van der Waals surface area (Å²) in [6.07, 6.45) is 3.76. The molecule has 92 valence electrons. The highest BCUT2D eigenvalue weighted by molar-refractivity contribution is 5.81. The van der Waals surface area contributed by atoms with E-state index in [0.29, 0.717) is 29.7 Å². The molecule has 3 aromatic rings. The molecule has 0 aromatic carbocycles. The minimum atomic E-state index is 0.439. The van der Waals surface area contributed by atoms with Gasteiger partial charge in [0.1, 0.15) is 11.8 Å². The summed E-state index contributed by atoms with van der Waals surface area (Å²) >= 11 is 0. The Bertz CT molecular complexity index is 659. The topological polar surface area (TPSA) is 105 Å². The summed E-state index contributed by atoms with van der Waals surface area (Å²) in [6.45, 7) is 2.40. The fraction of sp³-hybridized carbons (Fsp3) is 0.300. The van der Waals surface area contributed by atoms with Gasteiger partial charge < -0.3 is 14.8 Å². The van der Waals surface area contributed by atoms with Crippen LogP contribution < -0.4 is 5.32 Å². The number of hydrogen-bond donors (Lipinski definition) is 2. The van der Waals surface area contributed by atoms with Gasteiger partial charge >= 0.3 is 0 Å². The van der Waals surface area contributed by atoms with Gasteiger partial charge in [-0.3, -0.25) is 0 Å². The van der Waals surface area contributed by atoms with Crippen LogP contribution in [0.25, 0.3) is 11.2 Å². The summed E-state index contributed by atoms with van der Waals surface area (Å²) in [7, 11) is 0. The zero-order chi connectivity index (χ0) is 12.4. The highest BCUT2D eigenvalue weighted by Gasteiger charge is 2.08. The van der Waals surface area contributed by atoms with Crippen molar-refractivity contribution in [2.24, 2.45) is 0 Å². The highest BCUT2D eigenvalue weighted by atomic mass is 16.5. The molecule has 0 spiro atoms. The number of aromatic nitrogens is 6. The number of nitrogens with one attached hydrogen (secondary N) is 2. The summed E-state index contributed by atoms with van der Waals surface area (Å²) in [5.41, 5.74) is 1.38. The van der Waals surface area contributed by atoms with Crippen molar-refractivity contribution in [2.75, 3.05) is 5.32 Å². The second kappa shape index (κ2) is 4.40. The molecule has 3 heterocycles. The van der Waals surface area contributed by atoms with Gasteiger partial charge in [0.2, 0.25) is 5.89 Å². The van der Waals surface area contributed by atoms with E-state index in [-0.39, 0.29) is 0 Å². The Hall–Kier alpha value is -2.51. The first kappa shape index (κ1) is 10.6. The number of H-pyrrole nitrogens is 1. The summed E-state index contributed by atoms with van der Waals surface area (Å²) in [4.78, 5) is 19.4. The van der Waals surface area contributed by atoms with Crippen molar-refractivity contribution in [3.05, 3.63) is 24.4 Å². The molecule has 3 rings (SSSR count). The monoisotopic (exact) mass is 245 g/mol. The van der Waals surface area contributed by atoms with Gasteiger partial charge in [-0.25, -0.2) is 15.0 Å². The van der Waals surface area contributed by atoms with Crippen molar-refractivity contribution in [3.8, 4) is 0 Å². The summed E-state index contributed by atoms with van der Waals surface area (Å²) in [5, 5.41) is 6.97. The fourth-order valence-corrected chi connectivity index (χ4v) is 1.57. The van der Waals surface area contributed by atoms with Crippen LogP contribution in [0.2, 0.25) is 0 Å². The molecule has 0 amide bonds. The predicted octanol–water partition coefficient (Wildman–Crippen LogP) is 0.910. The zero-order valence-electron chi connectivity index (χ0n) is 9.71. The molecule has 8 heteroatoms. The molecule has 0 unspecified atom stereocenters. The Morgan fingerprint density at radius 3 is 3.11 bits per heavy atom. The van der Waals surface area contributed by atoms with Gasteiger partial charge in [0, 0.05) is 6.42 Å². The predicted molar refractivity (Wildman–Crippen MR) is 62.7 cm³/mol. The van der Waals surface area contributed by atoms with Crippen molar-refractivity contribution in [1.82, 2.24) is 30.1 Å². The molecule has 0 aliphatic rings. The van der Waals surface area contributed by atoms with Gasteiger partial charge in [-0.1, -0.05) is 12.1 Å². The number of anilines is 1. The van der Waals surface area contributed by atoms with Crippen molar-refractivity contribution >= 4 is 17.0 Å². The molecule has 2 N–H and O–H groups in total. The second-order valence-electron chi connectivity index (χ2n) is 3.63. The Morgan fingerprint density at radius 2 is 2.28 bits per heavy atom. The van der Waals surface area contributed by atoms with Gasteiger partial charge in [-0.05, 0) is 0 Å². The molecular formula is C10H11N7O. The number of hydrogen-bond acceptors (Lipinski definition) is 7. The smallest absolute Gasteiger partial charge is 0.226 e.